The average molecular weight is 223 g/mol. The number of ether oxygens (including phenoxy) is 1. The van der Waals surface area contributed by atoms with Gasteiger partial charge in [-0.1, -0.05) is 0 Å². The number of hydrogen-bond acceptors (Lipinski definition) is 5. The summed E-state index contributed by atoms with van der Waals surface area (Å²) in [4.78, 5) is 11.3. The molecule has 2 heterocycles. The van der Waals surface area contributed by atoms with Gasteiger partial charge in [-0.15, -0.1) is 0 Å². The Morgan fingerprint density at radius 2 is 2.44 bits per heavy atom. The van der Waals surface area contributed by atoms with E-state index >= 15 is 0 Å². The van der Waals surface area contributed by atoms with Crippen molar-refractivity contribution in [2.45, 2.75) is 12.5 Å². The Balaban J connectivity index is 2.25. The van der Waals surface area contributed by atoms with Crippen molar-refractivity contribution in [1.82, 2.24) is 19.8 Å². The molecule has 3 N–H and O–H groups in total. The van der Waals surface area contributed by atoms with E-state index in [4.69, 9.17) is 10.5 Å². The number of fused-ring (bicyclic) bond motifs is 1. The lowest BCUT2D eigenvalue weighted by atomic mass is 10.2. The summed E-state index contributed by atoms with van der Waals surface area (Å²) in [7, 11) is 1.59. The Bertz CT molecular complexity index is 532. The highest BCUT2D eigenvalue weighted by Crippen LogP contribution is 2.00. The van der Waals surface area contributed by atoms with Crippen LogP contribution in [0.4, 0.5) is 0 Å². The predicted molar refractivity (Wildman–Crippen MR) is 57.2 cm³/mol. The van der Waals surface area contributed by atoms with Gasteiger partial charge >= 0.3 is 5.69 Å². The van der Waals surface area contributed by atoms with Crippen molar-refractivity contribution in [2.24, 2.45) is 5.73 Å². The molecule has 1 atom stereocenters. The smallest absolute Gasteiger partial charge is 0.364 e. The van der Waals surface area contributed by atoms with Crippen molar-refractivity contribution in [3.8, 4) is 0 Å². The molecule has 0 saturated carbocycles. The third kappa shape index (κ3) is 2.10. The van der Waals surface area contributed by atoms with E-state index in [1.54, 1.807) is 19.2 Å². The number of rotatable bonds is 4. The lowest BCUT2D eigenvalue weighted by Gasteiger charge is -2.08. The third-order valence-corrected chi connectivity index (χ3v) is 2.18. The quantitative estimate of drug-likeness (QED) is 0.688. The molecule has 0 aliphatic rings. The van der Waals surface area contributed by atoms with Crippen LogP contribution in [0.2, 0.25) is 0 Å². The molecule has 16 heavy (non-hydrogen) atoms. The summed E-state index contributed by atoms with van der Waals surface area (Å²) >= 11 is 0. The van der Waals surface area contributed by atoms with Gasteiger partial charge in [-0.05, 0) is 12.1 Å². The fraction of sp³-hybridized carbons (Fsp3) is 0.444. The van der Waals surface area contributed by atoms with Crippen molar-refractivity contribution in [3.05, 3.63) is 28.3 Å². The van der Waals surface area contributed by atoms with Gasteiger partial charge < -0.3 is 10.5 Å². The molecule has 0 aliphatic heterocycles. The van der Waals surface area contributed by atoms with E-state index in [0.29, 0.717) is 18.7 Å². The number of hydrogen-bond donors (Lipinski definition) is 2. The zero-order valence-electron chi connectivity index (χ0n) is 8.88. The molecule has 0 aliphatic carbocycles. The molecule has 0 fully saturated rings. The third-order valence-electron chi connectivity index (χ3n) is 2.18. The molecule has 0 spiro atoms. The van der Waals surface area contributed by atoms with Gasteiger partial charge in [0.25, 0.3) is 0 Å². The zero-order valence-corrected chi connectivity index (χ0v) is 8.88. The van der Waals surface area contributed by atoms with Crippen LogP contribution in [0, 0.1) is 0 Å². The van der Waals surface area contributed by atoms with Crippen molar-refractivity contribution in [1.29, 1.82) is 0 Å². The minimum Gasteiger partial charge on any atom is -0.383 e. The molecule has 0 saturated heterocycles. The molecule has 7 nitrogen and oxygen atoms in total. The van der Waals surface area contributed by atoms with Crippen LogP contribution in [0.25, 0.3) is 5.65 Å². The summed E-state index contributed by atoms with van der Waals surface area (Å²) in [5, 5.41) is 10.2. The molecule has 2 aromatic heterocycles. The summed E-state index contributed by atoms with van der Waals surface area (Å²) < 4.78 is 6.15. The van der Waals surface area contributed by atoms with Crippen LogP contribution in [0.15, 0.2) is 16.9 Å². The van der Waals surface area contributed by atoms with Crippen molar-refractivity contribution in [2.75, 3.05) is 13.7 Å². The fourth-order valence-electron chi connectivity index (χ4n) is 1.49. The van der Waals surface area contributed by atoms with Crippen molar-refractivity contribution in [3.63, 3.8) is 0 Å². The van der Waals surface area contributed by atoms with Gasteiger partial charge in [-0.3, -0.25) is 0 Å². The Morgan fingerprint density at radius 3 is 3.19 bits per heavy atom. The fourth-order valence-corrected chi connectivity index (χ4v) is 1.49. The van der Waals surface area contributed by atoms with Crippen LogP contribution < -0.4 is 11.4 Å². The molecule has 0 amide bonds. The Morgan fingerprint density at radius 1 is 1.62 bits per heavy atom. The van der Waals surface area contributed by atoms with E-state index in [0.717, 1.165) is 5.69 Å². The molecule has 2 aromatic rings. The largest absolute Gasteiger partial charge is 0.383 e. The number of nitrogens with one attached hydrogen (secondary N) is 1. The predicted octanol–water partition coefficient (Wildman–Crippen LogP) is -1.07. The molecule has 2 rings (SSSR count). The molecule has 1 unspecified atom stereocenters. The van der Waals surface area contributed by atoms with E-state index in [1.165, 1.54) is 4.52 Å². The molecular formula is C9H13N5O2. The topological polar surface area (TPSA) is 98.3 Å². The number of methoxy groups -OCH3 is 1. The van der Waals surface area contributed by atoms with E-state index in [1.807, 2.05) is 0 Å². The van der Waals surface area contributed by atoms with Gasteiger partial charge in [0.15, 0.2) is 5.65 Å². The first-order valence-electron chi connectivity index (χ1n) is 4.88. The average Bonchev–Trinajstić information content (AvgIpc) is 2.61. The minimum absolute atomic E-state index is 0.127. The lowest BCUT2D eigenvalue weighted by Crippen LogP contribution is -2.29. The normalized spacial score (nSPS) is 13.1. The van der Waals surface area contributed by atoms with E-state index < -0.39 is 0 Å². The Labute approximate surface area is 91.2 Å². The molecule has 86 valence electrons. The standard InChI is InChI=1S/C9H13N5O2/c1-16-5-6(10)4-7-2-3-8-11-12-9(15)14(8)13-7/h2-3,6H,4-5,10H2,1H3,(H,12,15). The maximum atomic E-state index is 11.3. The highest BCUT2D eigenvalue weighted by atomic mass is 16.5. The Kier molecular flexibility index (Phi) is 2.97. The highest BCUT2D eigenvalue weighted by Gasteiger charge is 2.07. The zero-order chi connectivity index (χ0) is 11.5. The minimum atomic E-state index is -0.350. The lowest BCUT2D eigenvalue weighted by molar-refractivity contribution is 0.179. The van der Waals surface area contributed by atoms with Crippen LogP contribution in [-0.4, -0.2) is 39.6 Å². The highest BCUT2D eigenvalue weighted by molar-refractivity contribution is 5.34. The molecule has 0 radical (unpaired) electrons. The van der Waals surface area contributed by atoms with Crippen molar-refractivity contribution >= 4 is 5.65 Å². The van der Waals surface area contributed by atoms with Crippen LogP contribution >= 0.6 is 0 Å². The van der Waals surface area contributed by atoms with Gasteiger partial charge in [0.1, 0.15) is 0 Å². The molecule has 7 heteroatoms. The van der Waals surface area contributed by atoms with E-state index in [-0.39, 0.29) is 11.7 Å². The molecule has 0 bridgehead atoms. The summed E-state index contributed by atoms with van der Waals surface area (Å²) in [5.41, 5.74) is 6.68. The SMILES string of the molecule is COCC(N)Cc1ccc2n[nH]c(=O)n2n1. The number of nitrogens with two attached hydrogens (primary N) is 1. The van der Waals surface area contributed by atoms with Gasteiger partial charge in [-0.2, -0.15) is 14.7 Å². The monoisotopic (exact) mass is 223 g/mol. The van der Waals surface area contributed by atoms with Crippen molar-refractivity contribution < 1.29 is 4.74 Å². The maximum Gasteiger partial charge on any atom is 0.364 e. The second-order valence-corrected chi connectivity index (χ2v) is 3.54. The van der Waals surface area contributed by atoms with Gasteiger partial charge in [0.2, 0.25) is 0 Å². The summed E-state index contributed by atoms with van der Waals surface area (Å²) in [6.45, 7) is 0.458. The summed E-state index contributed by atoms with van der Waals surface area (Å²) in [6.07, 6.45) is 0.557. The number of nitrogens with zero attached hydrogens (tertiary/aromatic N) is 3. The molecule has 0 aromatic carbocycles. The Hall–Kier alpha value is -1.73. The van der Waals surface area contributed by atoms with E-state index in [2.05, 4.69) is 15.3 Å². The second kappa shape index (κ2) is 4.42. The number of aromatic nitrogens is 4. The van der Waals surface area contributed by atoms with E-state index in [9.17, 15) is 4.79 Å². The maximum absolute atomic E-state index is 11.3. The summed E-state index contributed by atoms with van der Waals surface area (Å²) in [6, 6.07) is 3.39. The molecular weight excluding hydrogens is 210 g/mol. The van der Waals surface area contributed by atoms with Crippen LogP contribution in [0.1, 0.15) is 5.69 Å². The first-order chi connectivity index (χ1) is 7.70. The van der Waals surface area contributed by atoms with Gasteiger partial charge in [0.05, 0.1) is 12.3 Å². The van der Waals surface area contributed by atoms with Gasteiger partial charge in [0, 0.05) is 19.6 Å². The number of aromatic amines is 1. The van der Waals surface area contributed by atoms with Crippen LogP contribution in [0.3, 0.4) is 0 Å². The first kappa shape index (κ1) is 10.8. The van der Waals surface area contributed by atoms with Crippen LogP contribution in [0.5, 0.6) is 0 Å². The van der Waals surface area contributed by atoms with Crippen LogP contribution in [-0.2, 0) is 11.2 Å². The van der Waals surface area contributed by atoms with Gasteiger partial charge in [-0.25, -0.2) is 9.89 Å². The first-order valence-corrected chi connectivity index (χ1v) is 4.88. The second-order valence-electron chi connectivity index (χ2n) is 3.54. The number of H-pyrrole nitrogens is 1. The summed E-state index contributed by atoms with van der Waals surface area (Å²) in [5.74, 6) is 0.